The molecular weight excluding hydrogens is 292 g/mol. The van der Waals surface area contributed by atoms with Crippen molar-refractivity contribution in [3.05, 3.63) is 29.6 Å². The van der Waals surface area contributed by atoms with Crippen LogP contribution in [-0.2, 0) is 17.8 Å². The van der Waals surface area contributed by atoms with Gasteiger partial charge in [-0.1, -0.05) is 12.1 Å². The van der Waals surface area contributed by atoms with Crippen molar-refractivity contribution < 1.29 is 9.84 Å². The first-order chi connectivity index (χ1) is 11.3. The molecule has 6 nitrogen and oxygen atoms in total. The van der Waals surface area contributed by atoms with Crippen LogP contribution in [-0.4, -0.2) is 33.3 Å². The van der Waals surface area contributed by atoms with E-state index in [2.05, 4.69) is 21.0 Å². The number of rotatable bonds is 3. The lowest BCUT2D eigenvalue weighted by Gasteiger charge is -2.22. The predicted octanol–water partition coefficient (Wildman–Crippen LogP) is 2.15. The zero-order chi connectivity index (χ0) is 15.8. The summed E-state index contributed by atoms with van der Waals surface area (Å²) < 4.78 is 5.46. The van der Waals surface area contributed by atoms with E-state index in [1.807, 2.05) is 12.1 Å². The summed E-state index contributed by atoms with van der Waals surface area (Å²) in [5.74, 6) is 1.54. The van der Waals surface area contributed by atoms with Crippen LogP contribution in [0.1, 0.15) is 24.2 Å². The summed E-state index contributed by atoms with van der Waals surface area (Å²) >= 11 is 0. The van der Waals surface area contributed by atoms with Gasteiger partial charge < -0.3 is 20.6 Å². The first kappa shape index (κ1) is 14.4. The van der Waals surface area contributed by atoms with E-state index in [9.17, 15) is 5.11 Å². The normalized spacial score (nSPS) is 16.4. The SMILES string of the molecule is Nc1nc2cccc(CC3CCOCC3)c2c2[nH]c(CO)nc12. The highest BCUT2D eigenvalue weighted by molar-refractivity contribution is 6.07. The Hall–Kier alpha value is -2.18. The van der Waals surface area contributed by atoms with Gasteiger partial charge in [0.15, 0.2) is 5.82 Å². The van der Waals surface area contributed by atoms with Crippen LogP contribution < -0.4 is 5.73 Å². The molecule has 0 amide bonds. The molecule has 1 aliphatic rings. The largest absolute Gasteiger partial charge is 0.388 e. The van der Waals surface area contributed by atoms with Gasteiger partial charge in [-0.15, -0.1) is 0 Å². The van der Waals surface area contributed by atoms with Crippen LogP contribution in [0.15, 0.2) is 18.2 Å². The quantitative estimate of drug-likeness (QED) is 0.688. The van der Waals surface area contributed by atoms with E-state index in [1.54, 1.807) is 0 Å². The van der Waals surface area contributed by atoms with Gasteiger partial charge in [0.25, 0.3) is 0 Å². The second-order valence-electron chi connectivity index (χ2n) is 6.13. The van der Waals surface area contributed by atoms with Gasteiger partial charge in [0.2, 0.25) is 0 Å². The van der Waals surface area contributed by atoms with Crippen molar-refractivity contribution in [2.24, 2.45) is 5.92 Å². The number of aliphatic hydroxyl groups is 1. The van der Waals surface area contributed by atoms with Crippen molar-refractivity contribution in [2.75, 3.05) is 18.9 Å². The third-order valence-electron chi connectivity index (χ3n) is 4.61. The molecule has 120 valence electrons. The number of anilines is 1. The summed E-state index contributed by atoms with van der Waals surface area (Å²) in [6, 6.07) is 6.14. The Morgan fingerprint density at radius 2 is 2.09 bits per heavy atom. The van der Waals surface area contributed by atoms with Crippen LogP contribution in [0.2, 0.25) is 0 Å². The lowest BCUT2D eigenvalue weighted by molar-refractivity contribution is 0.0666. The molecule has 0 radical (unpaired) electrons. The summed E-state index contributed by atoms with van der Waals surface area (Å²) in [6.07, 6.45) is 3.18. The van der Waals surface area contributed by atoms with Gasteiger partial charge in [-0.25, -0.2) is 9.97 Å². The number of hydrogen-bond donors (Lipinski definition) is 3. The summed E-state index contributed by atoms with van der Waals surface area (Å²) in [4.78, 5) is 12.1. The zero-order valence-corrected chi connectivity index (χ0v) is 12.9. The molecule has 0 unspecified atom stereocenters. The Morgan fingerprint density at radius 1 is 1.26 bits per heavy atom. The molecule has 4 N–H and O–H groups in total. The van der Waals surface area contributed by atoms with Gasteiger partial charge >= 0.3 is 0 Å². The number of nitrogen functional groups attached to an aromatic ring is 1. The number of H-pyrrole nitrogens is 1. The van der Waals surface area contributed by atoms with Crippen LogP contribution in [0.25, 0.3) is 21.9 Å². The highest BCUT2D eigenvalue weighted by Crippen LogP contribution is 2.31. The molecule has 2 aromatic heterocycles. The van der Waals surface area contributed by atoms with Crippen LogP contribution in [0.3, 0.4) is 0 Å². The molecule has 23 heavy (non-hydrogen) atoms. The Balaban J connectivity index is 1.88. The predicted molar refractivity (Wildman–Crippen MR) is 89.0 cm³/mol. The average molecular weight is 312 g/mol. The molecule has 0 bridgehead atoms. The van der Waals surface area contributed by atoms with Gasteiger partial charge in [-0.05, 0) is 36.8 Å². The lowest BCUT2D eigenvalue weighted by atomic mass is 9.90. The number of nitrogens with zero attached hydrogens (tertiary/aromatic N) is 2. The summed E-state index contributed by atoms with van der Waals surface area (Å²) in [6.45, 7) is 1.54. The standard InChI is InChI=1S/C17H20N4O2/c18-17-16-15(20-13(9-22)21-16)14-11(2-1-3-12(14)19-17)8-10-4-6-23-7-5-10/h1-3,10,22H,4-9H2,(H2,18,19)(H,20,21). The van der Waals surface area contributed by atoms with Crippen LogP contribution in [0.4, 0.5) is 5.82 Å². The summed E-state index contributed by atoms with van der Waals surface area (Å²) in [5.41, 5.74) is 9.67. The smallest absolute Gasteiger partial charge is 0.152 e. The molecular formula is C17H20N4O2. The fourth-order valence-corrected chi connectivity index (χ4v) is 3.45. The van der Waals surface area contributed by atoms with Gasteiger partial charge in [-0.2, -0.15) is 0 Å². The van der Waals surface area contributed by atoms with E-state index < -0.39 is 0 Å². The molecule has 3 heterocycles. The lowest BCUT2D eigenvalue weighted by Crippen LogP contribution is -2.17. The highest BCUT2D eigenvalue weighted by Gasteiger charge is 2.18. The van der Waals surface area contributed by atoms with E-state index in [0.29, 0.717) is 23.1 Å². The van der Waals surface area contributed by atoms with Gasteiger partial charge in [0, 0.05) is 18.6 Å². The van der Waals surface area contributed by atoms with Crippen LogP contribution >= 0.6 is 0 Å². The second kappa shape index (κ2) is 5.79. The number of benzene rings is 1. The number of aromatic amines is 1. The Labute approximate surface area is 133 Å². The maximum absolute atomic E-state index is 9.36. The Kier molecular flexibility index (Phi) is 3.63. The number of nitrogens with one attached hydrogen (secondary N) is 1. The Bertz CT molecular complexity index is 853. The molecule has 4 rings (SSSR count). The zero-order valence-electron chi connectivity index (χ0n) is 12.9. The highest BCUT2D eigenvalue weighted by atomic mass is 16.5. The van der Waals surface area contributed by atoms with Crippen molar-refractivity contribution >= 4 is 27.8 Å². The molecule has 0 aliphatic carbocycles. The third kappa shape index (κ3) is 2.54. The number of nitrogens with two attached hydrogens (primary N) is 1. The molecule has 0 saturated carbocycles. The second-order valence-corrected chi connectivity index (χ2v) is 6.13. The van der Waals surface area contributed by atoms with Gasteiger partial charge in [-0.3, -0.25) is 0 Å². The average Bonchev–Trinajstić information content (AvgIpc) is 3.01. The number of aromatic nitrogens is 3. The molecule has 1 saturated heterocycles. The van der Waals surface area contributed by atoms with E-state index in [1.165, 1.54) is 5.56 Å². The van der Waals surface area contributed by atoms with Crippen LogP contribution in [0.5, 0.6) is 0 Å². The number of hydrogen-bond acceptors (Lipinski definition) is 5. The molecule has 0 atom stereocenters. The van der Waals surface area contributed by atoms with Crippen LogP contribution in [0, 0.1) is 5.92 Å². The molecule has 1 aliphatic heterocycles. The monoisotopic (exact) mass is 312 g/mol. The number of pyridine rings is 1. The number of ether oxygens (including phenoxy) is 1. The molecule has 1 fully saturated rings. The van der Waals surface area contributed by atoms with Gasteiger partial charge in [0.05, 0.1) is 11.0 Å². The number of fused-ring (bicyclic) bond motifs is 3. The third-order valence-corrected chi connectivity index (χ3v) is 4.61. The van der Waals surface area contributed by atoms with Crippen molar-refractivity contribution in [2.45, 2.75) is 25.9 Å². The fourth-order valence-electron chi connectivity index (χ4n) is 3.45. The molecule has 3 aromatic rings. The van der Waals surface area contributed by atoms with E-state index in [-0.39, 0.29) is 6.61 Å². The van der Waals surface area contributed by atoms with E-state index in [0.717, 1.165) is 48.9 Å². The topological polar surface area (TPSA) is 97.0 Å². The molecule has 0 spiro atoms. The fraction of sp³-hybridized carbons (Fsp3) is 0.412. The van der Waals surface area contributed by atoms with E-state index >= 15 is 0 Å². The first-order valence-electron chi connectivity index (χ1n) is 8.00. The van der Waals surface area contributed by atoms with E-state index in [4.69, 9.17) is 10.5 Å². The van der Waals surface area contributed by atoms with Crippen molar-refractivity contribution in [3.8, 4) is 0 Å². The maximum atomic E-state index is 9.36. The molecule has 1 aromatic carbocycles. The minimum Gasteiger partial charge on any atom is -0.388 e. The summed E-state index contributed by atoms with van der Waals surface area (Å²) in [5, 5.41) is 10.4. The van der Waals surface area contributed by atoms with Gasteiger partial charge in [0.1, 0.15) is 17.9 Å². The molecule has 6 heteroatoms. The summed E-state index contributed by atoms with van der Waals surface area (Å²) in [7, 11) is 0. The van der Waals surface area contributed by atoms with Crippen molar-refractivity contribution in [3.63, 3.8) is 0 Å². The maximum Gasteiger partial charge on any atom is 0.152 e. The van der Waals surface area contributed by atoms with Crippen molar-refractivity contribution in [1.82, 2.24) is 15.0 Å². The number of imidazole rings is 1. The first-order valence-corrected chi connectivity index (χ1v) is 8.00. The number of aliphatic hydroxyl groups excluding tert-OH is 1. The van der Waals surface area contributed by atoms with Crippen molar-refractivity contribution in [1.29, 1.82) is 0 Å². The minimum absolute atomic E-state index is 0.141. The minimum atomic E-state index is -0.141. The Morgan fingerprint density at radius 3 is 2.87 bits per heavy atom.